The maximum atomic E-state index is 11.9. The number of hydrogen-bond donors (Lipinski definition) is 0. The van der Waals surface area contributed by atoms with Gasteiger partial charge in [0.05, 0.1) is 0 Å². The minimum absolute atomic E-state index is 0. The van der Waals surface area contributed by atoms with Crippen molar-refractivity contribution in [1.82, 2.24) is 4.57 Å². The minimum atomic E-state index is -0.478. The molecule has 0 saturated heterocycles. The van der Waals surface area contributed by atoms with Crippen molar-refractivity contribution in [2.75, 3.05) is 0 Å². The summed E-state index contributed by atoms with van der Waals surface area (Å²) in [5.74, 6) is 0. The average molecular weight is 367 g/mol. The van der Waals surface area contributed by atoms with Gasteiger partial charge in [-0.05, 0) is 26.3 Å². The molecule has 0 radical (unpaired) electrons. The van der Waals surface area contributed by atoms with Crippen LogP contribution in [-0.2, 0) is 4.74 Å². The van der Waals surface area contributed by atoms with Gasteiger partial charge in [0.2, 0.25) is 0 Å². The predicted molar refractivity (Wildman–Crippen MR) is 68.2 cm³/mol. The zero-order valence-corrected chi connectivity index (χ0v) is 14.3. The monoisotopic (exact) mass is 367 g/mol. The van der Waals surface area contributed by atoms with Crippen LogP contribution in [0.25, 0.3) is 10.9 Å². The van der Waals surface area contributed by atoms with Crippen molar-refractivity contribution in [2.24, 2.45) is 0 Å². The molecule has 18 heavy (non-hydrogen) atoms. The number of ether oxygens (including phenoxy) is 1. The van der Waals surface area contributed by atoms with Gasteiger partial charge >= 0.3 is 29.1 Å². The van der Waals surface area contributed by atoms with Gasteiger partial charge in [-0.1, -0.05) is 6.07 Å². The van der Waals surface area contributed by atoms with E-state index in [9.17, 15) is 4.79 Å². The zero-order chi connectivity index (χ0) is 11.8. The molecule has 92 valence electrons. The van der Waals surface area contributed by atoms with Crippen LogP contribution >= 0.6 is 0 Å². The molecule has 2 aromatic rings. The molecule has 1 heterocycles. The quantitative estimate of drug-likeness (QED) is 0.368. The van der Waals surface area contributed by atoms with Crippen molar-refractivity contribution in [3.05, 3.63) is 36.5 Å². The first-order valence-corrected chi connectivity index (χ1v) is 5.18. The Kier molecular flexibility index (Phi) is 6.66. The van der Waals surface area contributed by atoms with Gasteiger partial charge in [-0.15, -0.1) is 11.5 Å². The summed E-state index contributed by atoms with van der Waals surface area (Å²) in [6.07, 6.45) is 1.36. The van der Waals surface area contributed by atoms with Crippen LogP contribution in [0.4, 0.5) is 4.79 Å². The Labute approximate surface area is 140 Å². The average Bonchev–Trinajstić information content (AvgIpc) is 2.58. The molecule has 0 saturated carbocycles. The summed E-state index contributed by atoms with van der Waals surface area (Å²) in [4.78, 5) is 11.9. The van der Waals surface area contributed by atoms with E-state index in [2.05, 4.69) is 6.07 Å². The van der Waals surface area contributed by atoms with Gasteiger partial charge < -0.3 is 28.7 Å². The molecule has 0 atom stereocenters. The van der Waals surface area contributed by atoms with E-state index in [4.69, 9.17) is 4.74 Å². The Balaban J connectivity index is 0.00000144. The van der Waals surface area contributed by atoms with E-state index in [-0.39, 0.29) is 53.1 Å². The Morgan fingerprint density at radius 2 is 2.00 bits per heavy atom. The standard InChI is InChI=1S/C13H14NO2.HI.Mg/c1-13(2,3)16-12(15)14-9-8-10-6-4-5-7-11(10)14;;/h5-9H,1-3H3;1H;/q-1;;+2/p-1. The molecule has 3 nitrogen and oxygen atoms in total. The van der Waals surface area contributed by atoms with Crippen LogP contribution in [0.3, 0.4) is 0 Å². The number of carbonyl (C=O) groups excluding carboxylic acids is 1. The van der Waals surface area contributed by atoms with Gasteiger partial charge in [0, 0.05) is 6.20 Å². The van der Waals surface area contributed by atoms with Crippen molar-refractivity contribution in [2.45, 2.75) is 26.4 Å². The number of fused-ring (bicyclic) bond motifs is 1. The van der Waals surface area contributed by atoms with Gasteiger partial charge in [0.1, 0.15) is 5.60 Å². The Bertz CT molecular complexity index is 531. The second-order valence-corrected chi connectivity index (χ2v) is 4.65. The van der Waals surface area contributed by atoms with Gasteiger partial charge in [-0.2, -0.15) is 18.2 Å². The summed E-state index contributed by atoms with van der Waals surface area (Å²) < 4.78 is 6.81. The van der Waals surface area contributed by atoms with E-state index in [1.165, 1.54) is 4.57 Å². The molecule has 0 bridgehead atoms. The summed E-state index contributed by atoms with van der Waals surface area (Å²) >= 11 is 0. The smallest absolute Gasteiger partial charge is 1.00 e. The summed E-state index contributed by atoms with van der Waals surface area (Å²) in [6, 6.07) is 10.3. The molecule has 0 amide bonds. The number of hydrogen-bond acceptors (Lipinski definition) is 2. The summed E-state index contributed by atoms with van der Waals surface area (Å²) in [5, 5.41) is 0.980. The zero-order valence-electron chi connectivity index (χ0n) is 10.7. The molecule has 0 unspecified atom stereocenters. The first-order valence-electron chi connectivity index (χ1n) is 5.18. The number of rotatable bonds is 0. The number of carbonyl (C=O) groups is 1. The fraction of sp³-hybridized carbons (Fsp3) is 0.308. The number of halogens is 1. The molecular weight excluding hydrogens is 353 g/mol. The van der Waals surface area contributed by atoms with E-state index < -0.39 is 5.60 Å². The largest absolute Gasteiger partial charge is 2.00 e. The minimum Gasteiger partial charge on any atom is -1.00 e. The third-order valence-corrected chi connectivity index (χ3v) is 2.12. The van der Waals surface area contributed by atoms with Gasteiger partial charge in [-0.25, -0.2) is 4.79 Å². The molecule has 0 fully saturated rings. The van der Waals surface area contributed by atoms with Crippen LogP contribution in [0.15, 0.2) is 30.5 Å². The molecule has 0 N–H and O–H groups in total. The van der Waals surface area contributed by atoms with E-state index in [1.54, 1.807) is 12.3 Å². The van der Waals surface area contributed by atoms with E-state index in [0.29, 0.717) is 0 Å². The van der Waals surface area contributed by atoms with Gasteiger partial charge in [0.15, 0.2) is 0 Å². The van der Waals surface area contributed by atoms with Crippen molar-refractivity contribution >= 4 is 40.0 Å². The summed E-state index contributed by atoms with van der Waals surface area (Å²) in [5.41, 5.74) is 0.363. The first kappa shape index (κ1) is 17.7. The number of aromatic nitrogens is 1. The molecule has 0 aliphatic carbocycles. The van der Waals surface area contributed by atoms with Gasteiger partial charge in [-0.3, -0.25) is 4.57 Å². The van der Waals surface area contributed by atoms with E-state index in [1.807, 2.05) is 39.0 Å². The SMILES string of the molecule is CC(C)(C)OC(=O)n1ccc2c[c-]ccc21.[I-].[Mg+2]. The van der Waals surface area contributed by atoms with Crippen LogP contribution < -0.4 is 24.0 Å². The number of nitrogens with zero attached hydrogens (tertiary/aromatic N) is 1. The fourth-order valence-electron chi connectivity index (χ4n) is 1.49. The van der Waals surface area contributed by atoms with Crippen LogP contribution in [-0.4, -0.2) is 39.3 Å². The maximum absolute atomic E-state index is 11.9. The molecule has 0 spiro atoms. The van der Waals surface area contributed by atoms with Crippen molar-refractivity contribution in [3.63, 3.8) is 0 Å². The third kappa shape index (κ3) is 4.13. The van der Waals surface area contributed by atoms with E-state index >= 15 is 0 Å². The van der Waals surface area contributed by atoms with Crippen molar-refractivity contribution in [3.8, 4) is 0 Å². The van der Waals surface area contributed by atoms with Crippen LogP contribution in [0.5, 0.6) is 0 Å². The van der Waals surface area contributed by atoms with E-state index in [0.717, 1.165) is 10.9 Å². The van der Waals surface area contributed by atoms with Gasteiger partial charge in [0.25, 0.3) is 0 Å². The molecule has 5 heteroatoms. The number of benzene rings is 1. The first-order chi connectivity index (χ1) is 7.47. The van der Waals surface area contributed by atoms with Crippen molar-refractivity contribution in [1.29, 1.82) is 0 Å². The third-order valence-electron chi connectivity index (χ3n) is 2.12. The Morgan fingerprint density at radius 3 is 2.61 bits per heavy atom. The molecule has 2 rings (SSSR count). The molecule has 1 aromatic carbocycles. The second-order valence-electron chi connectivity index (χ2n) is 4.65. The topological polar surface area (TPSA) is 31.2 Å². The van der Waals surface area contributed by atoms with Crippen LogP contribution in [0, 0.1) is 6.07 Å². The molecule has 0 aliphatic heterocycles. The molecular formula is C13H14IMgNO2. The predicted octanol–water partition coefficient (Wildman–Crippen LogP) is -0.152. The van der Waals surface area contributed by atoms with Crippen molar-refractivity contribution < 1.29 is 33.5 Å². The van der Waals surface area contributed by atoms with Crippen LogP contribution in [0.2, 0.25) is 0 Å². The summed E-state index contributed by atoms with van der Waals surface area (Å²) in [7, 11) is 0. The summed E-state index contributed by atoms with van der Waals surface area (Å²) in [6.45, 7) is 5.55. The normalized spacial score (nSPS) is 10.4. The molecule has 0 aliphatic rings. The Morgan fingerprint density at radius 1 is 1.33 bits per heavy atom. The second kappa shape index (κ2) is 6.77. The van der Waals surface area contributed by atoms with Crippen LogP contribution in [0.1, 0.15) is 20.8 Å². The molecule has 1 aromatic heterocycles. The Hall–Kier alpha value is -0.274. The fourth-order valence-corrected chi connectivity index (χ4v) is 1.49. The maximum Gasteiger partial charge on any atom is 2.00 e.